The molecule has 1 fully saturated rings. The number of aromatic nitrogens is 3. The molecule has 6 heteroatoms. The first-order chi connectivity index (χ1) is 13.0. The van der Waals surface area contributed by atoms with Crippen molar-refractivity contribution in [1.82, 2.24) is 19.7 Å². The molecule has 1 aromatic carbocycles. The number of likely N-dealkylation sites (tertiary alicyclic amines) is 1. The van der Waals surface area contributed by atoms with E-state index in [1.165, 1.54) is 11.9 Å². The van der Waals surface area contributed by atoms with Gasteiger partial charge in [-0.2, -0.15) is 5.10 Å². The molecule has 1 aromatic heterocycles. The standard InChI is InChI=1S/C21H28N4O2/c1-15(2)12-17-4-6-18(7-5-17)20(26)19-8-10-24(11-9-19)21(27)16(3)25-14-22-13-23-25/h4-7,13-16,19H,8-12H2,1-3H3/t16-/m1/s1. The van der Waals surface area contributed by atoms with Gasteiger partial charge in [0.2, 0.25) is 5.91 Å². The zero-order valence-electron chi connectivity index (χ0n) is 16.3. The Morgan fingerprint density at radius 2 is 1.78 bits per heavy atom. The van der Waals surface area contributed by atoms with Gasteiger partial charge in [-0.05, 0) is 37.7 Å². The first-order valence-electron chi connectivity index (χ1n) is 9.71. The molecule has 2 aromatic rings. The van der Waals surface area contributed by atoms with Gasteiger partial charge in [0.25, 0.3) is 0 Å². The van der Waals surface area contributed by atoms with Crippen molar-refractivity contribution in [3.05, 3.63) is 48.0 Å². The number of ketones is 1. The van der Waals surface area contributed by atoms with Crippen LogP contribution >= 0.6 is 0 Å². The van der Waals surface area contributed by atoms with Crippen molar-refractivity contribution in [1.29, 1.82) is 0 Å². The largest absolute Gasteiger partial charge is 0.341 e. The third kappa shape index (κ3) is 4.62. The highest BCUT2D eigenvalue weighted by Crippen LogP contribution is 2.24. The fourth-order valence-corrected chi connectivity index (χ4v) is 3.67. The number of carbonyl (C=O) groups excluding carboxylic acids is 2. The number of amides is 1. The molecular weight excluding hydrogens is 340 g/mol. The van der Waals surface area contributed by atoms with E-state index in [1.807, 2.05) is 24.0 Å². The quantitative estimate of drug-likeness (QED) is 0.735. The minimum Gasteiger partial charge on any atom is -0.341 e. The summed E-state index contributed by atoms with van der Waals surface area (Å²) in [5, 5.41) is 4.04. The summed E-state index contributed by atoms with van der Waals surface area (Å²) in [6, 6.07) is 7.65. The van der Waals surface area contributed by atoms with Crippen LogP contribution in [-0.2, 0) is 11.2 Å². The summed E-state index contributed by atoms with van der Waals surface area (Å²) in [5.74, 6) is 0.826. The van der Waals surface area contributed by atoms with Gasteiger partial charge in [-0.25, -0.2) is 9.67 Å². The molecule has 0 aliphatic carbocycles. The SMILES string of the molecule is CC(C)Cc1ccc(C(=O)C2CCN(C(=O)[C@@H](C)n3cncn3)CC2)cc1. The summed E-state index contributed by atoms with van der Waals surface area (Å²) in [7, 11) is 0. The molecule has 1 aliphatic rings. The number of piperidine rings is 1. The molecule has 0 N–H and O–H groups in total. The van der Waals surface area contributed by atoms with Gasteiger partial charge in [-0.15, -0.1) is 0 Å². The first-order valence-corrected chi connectivity index (χ1v) is 9.71. The minimum atomic E-state index is -0.367. The van der Waals surface area contributed by atoms with Crippen LogP contribution in [0.25, 0.3) is 0 Å². The monoisotopic (exact) mass is 368 g/mol. The van der Waals surface area contributed by atoms with Crippen LogP contribution in [0, 0.1) is 11.8 Å². The lowest BCUT2D eigenvalue weighted by Gasteiger charge is -2.33. The molecule has 0 saturated carbocycles. The second kappa shape index (κ2) is 8.46. The molecule has 3 rings (SSSR count). The normalized spacial score (nSPS) is 16.5. The maximum Gasteiger partial charge on any atom is 0.247 e. The van der Waals surface area contributed by atoms with Gasteiger partial charge in [0.05, 0.1) is 0 Å². The average Bonchev–Trinajstić information content (AvgIpc) is 3.21. The topological polar surface area (TPSA) is 68.1 Å². The lowest BCUT2D eigenvalue weighted by Crippen LogP contribution is -2.43. The fourth-order valence-electron chi connectivity index (χ4n) is 3.67. The summed E-state index contributed by atoms with van der Waals surface area (Å²) in [5.41, 5.74) is 2.05. The summed E-state index contributed by atoms with van der Waals surface area (Å²) < 4.78 is 1.57. The molecule has 0 spiro atoms. The highest BCUT2D eigenvalue weighted by atomic mass is 16.2. The molecule has 27 heavy (non-hydrogen) atoms. The number of hydrogen-bond acceptors (Lipinski definition) is 4. The van der Waals surface area contributed by atoms with E-state index in [1.54, 1.807) is 11.0 Å². The van der Waals surface area contributed by atoms with E-state index in [2.05, 4.69) is 36.1 Å². The van der Waals surface area contributed by atoms with E-state index in [0.29, 0.717) is 31.8 Å². The average molecular weight is 368 g/mol. The molecule has 1 atom stereocenters. The predicted molar refractivity (Wildman–Crippen MR) is 103 cm³/mol. The smallest absolute Gasteiger partial charge is 0.247 e. The van der Waals surface area contributed by atoms with Crippen molar-refractivity contribution in [3.8, 4) is 0 Å². The zero-order valence-corrected chi connectivity index (χ0v) is 16.3. The summed E-state index contributed by atoms with van der Waals surface area (Å²) in [4.78, 5) is 31.2. The van der Waals surface area contributed by atoms with E-state index in [4.69, 9.17) is 0 Å². The van der Waals surface area contributed by atoms with Crippen LogP contribution in [-0.4, -0.2) is 44.4 Å². The third-order valence-electron chi connectivity index (χ3n) is 5.25. The van der Waals surface area contributed by atoms with Crippen molar-refractivity contribution < 1.29 is 9.59 Å². The van der Waals surface area contributed by atoms with Crippen LogP contribution in [0.4, 0.5) is 0 Å². The van der Waals surface area contributed by atoms with E-state index < -0.39 is 0 Å². The van der Waals surface area contributed by atoms with Crippen molar-refractivity contribution >= 4 is 11.7 Å². The second-order valence-electron chi connectivity index (χ2n) is 7.81. The van der Waals surface area contributed by atoms with Crippen LogP contribution in [0.2, 0.25) is 0 Å². The van der Waals surface area contributed by atoms with Crippen molar-refractivity contribution in [2.45, 2.75) is 46.1 Å². The highest BCUT2D eigenvalue weighted by Gasteiger charge is 2.30. The molecule has 6 nitrogen and oxygen atoms in total. The molecule has 0 bridgehead atoms. The second-order valence-corrected chi connectivity index (χ2v) is 7.81. The Labute approximate surface area is 160 Å². The zero-order chi connectivity index (χ0) is 19.4. The van der Waals surface area contributed by atoms with Gasteiger partial charge in [0, 0.05) is 24.6 Å². The number of nitrogens with zero attached hydrogens (tertiary/aromatic N) is 4. The molecule has 144 valence electrons. The van der Waals surface area contributed by atoms with Crippen LogP contribution in [0.5, 0.6) is 0 Å². The number of hydrogen-bond donors (Lipinski definition) is 0. The molecule has 1 saturated heterocycles. The molecular formula is C21H28N4O2. The van der Waals surface area contributed by atoms with E-state index in [-0.39, 0.29) is 23.7 Å². The Morgan fingerprint density at radius 3 is 2.33 bits per heavy atom. The van der Waals surface area contributed by atoms with Crippen LogP contribution < -0.4 is 0 Å². The Hall–Kier alpha value is -2.50. The van der Waals surface area contributed by atoms with Gasteiger partial charge in [0.1, 0.15) is 18.7 Å². The maximum absolute atomic E-state index is 12.8. The van der Waals surface area contributed by atoms with E-state index in [0.717, 1.165) is 12.0 Å². The van der Waals surface area contributed by atoms with Crippen molar-refractivity contribution in [2.24, 2.45) is 11.8 Å². The van der Waals surface area contributed by atoms with E-state index >= 15 is 0 Å². The number of benzene rings is 1. The Balaban J connectivity index is 1.55. The van der Waals surface area contributed by atoms with Crippen LogP contribution in [0.1, 0.15) is 55.6 Å². The summed E-state index contributed by atoms with van der Waals surface area (Å²) >= 11 is 0. The number of Topliss-reactive ketones (excluding diaryl/α,β-unsaturated/α-hetero) is 1. The van der Waals surface area contributed by atoms with Crippen molar-refractivity contribution in [3.63, 3.8) is 0 Å². The van der Waals surface area contributed by atoms with Gasteiger partial charge < -0.3 is 4.90 Å². The minimum absolute atomic E-state index is 0.00771. The Morgan fingerprint density at radius 1 is 1.11 bits per heavy atom. The molecule has 1 aliphatic heterocycles. The van der Waals surface area contributed by atoms with Gasteiger partial charge in [0.15, 0.2) is 5.78 Å². The Bertz CT molecular complexity index is 760. The summed E-state index contributed by atoms with van der Waals surface area (Å²) in [6.07, 6.45) is 5.44. The fraction of sp³-hybridized carbons (Fsp3) is 0.524. The number of carbonyl (C=O) groups is 2. The highest BCUT2D eigenvalue weighted by molar-refractivity contribution is 5.98. The number of rotatable bonds is 6. The molecule has 0 radical (unpaired) electrons. The lowest BCUT2D eigenvalue weighted by atomic mass is 9.88. The third-order valence-corrected chi connectivity index (χ3v) is 5.25. The maximum atomic E-state index is 12.8. The van der Waals surface area contributed by atoms with E-state index in [9.17, 15) is 9.59 Å². The predicted octanol–water partition coefficient (Wildman–Crippen LogP) is 3.16. The Kier molecular flexibility index (Phi) is 6.04. The first kappa shape index (κ1) is 19.3. The molecule has 2 heterocycles. The van der Waals surface area contributed by atoms with Gasteiger partial charge >= 0.3 is 0 Å². The van der Waals surface area contributed by atoms with Crippen LogP contribution in [0.15, 0.2) is 36.9 Å². The molecule has 1 amide bonds. The van der Waals surface area contributed by atoms with Crippen LogP contribution in [0.3, 0.4) is 0 Å². The van der Waals surface area contributed by atoms with Gasteiger partial charge in [-0.1, -0.05) is 38.1 Å². The molecule has 0 unspecified atom stereocenters. The summed E-state index contributed by atoms with van der Waals surface area (Å²) in [6.45, 7) is 7.43. The van der Waals surface area contributed by atoms with Gasteiger partial charge in [-0.3, -0.25) is 9.59 Å². The van der Waals surface area contributed by atoms with Crippen molar-refractivity contribution in [2.75, 3.05) is 13.1 Å². The lowest BCUT2D eigenvalue weighted by molar-refractivity contribution is -0.135.